The van der Waals surface area contributed by atoms with Gasteiger partial charge >= 0.3 is 0 Å². The second-order valence-electron chi connectivity index (χ2n) is 3.02. The molecule has 0 aromatic rings. The molecule has 1 heterocycles. The molecule has 0 aromatic carbocycles. The van der Waals surface area contributed by atoms with E-state index in [0.29, 0.717) is 0 Å². The first kappa shape index (κ1) is 7.36. The van der Waals surface area contributed by atoms with Crippen LogP contribution in [0.4, 0.5) is 0 Å². The molecule has 1 fully saturated rings. The Morgan fingerprint density at radius 2 is 2.33 bits per heavy atom. The second-order valence-corrected chi connectivity index (χ2v) is 3.33. The highest BCUT2D eigenvalue weighted by Crippen LogP contribution is 2.16. The Kier molecular flexibility index (Phi) is 2.80. The number of hydrogen-bond donors (Lipinski definition) is 1. The molecule has 0 radical (unpaired) electrons. The fourth-order valence-corrected chi connectivity index (χ4v) is 1.62. The summed E-state index contributed by atoms with van der Waals surface area (Å²) < 4.78 is 0. The van der Waals surface area contributed by atoms with Gasteiger partial charge in [0.25, 0.3) is 0 Å². The van der Waals surface area contributed by atoms with Gasteiger partial charge in [-0.05, 0) is 31.3 Å². The van der Waals surface area contributed by atoms with Crippen molar-refractivity contribution in [2.45, 2.75) is 13.3 Å². The van der Waals surface area contributed by atoms with Gasteiger partial charge in [-0.15, -0.1) is 11.6 Å². The molecule has 2 atom stereocenters. The van der Waals surface area contributed by atoms with Gasteiger partial charge in [0, 0.05) is 5.88 Å². The summed E-state index contributed by atoms with van der Waals surface area (Å²) in [5.74, 6) is 2.36. The van der Waals surface area contributed by atoms with E-state index < -0.39 is 0 Å². The normalized spacial score (nSPS) is 36.7. The summed E-state index contributed by atoms with van der Waals surface area (Å²) in [6.07, 6.45) is 1.30. The summed E-state index contributed by atoms with van der Waals surface area (Å²) in [6, 6.07) is 0. The Bertz CT molecular complexity index is 85.0. The Hall–Kier alpha value is 0.250. The van der Waals surface area contributed by atoms with Crippen LogP contribution in [0.25, 0.3) is 0 Å². The molecule has 0 aliphatic carbocycles. The minimum atomic E-state index is 0.718. The Labute approximate surface area is 61.8 Å². The lowest BCUT2D eigenvalue weighted by atomic mass is 9.93. The van der Waals surface area contributed by atoms with Crippen LogP contribution < -0.4 is 5.32 Å². The van der Waals surface area contributed by atoms with Crippen molar-refractivity contribution in [1.29, 1.82) is 0 Å². The lowest BCUT2D eigenvalue weighted by molar-refractivity contribution is 0.324. The van der Waals surface area contributed by atoms with Crippen molar-refractivity contribution < 1.29 is 0 Å². The van der Waals surface area contributed by atoms with Crippen molar-refractivity contribution in [2.75, 3.05) is 19.0 Å². The fraction of sp³-hybridized carbons (Fsp3) is 1.00. The van der Waals surface area contributed by atoms with Crippen molar-refractivity contribution in [3.05, 3.63) is 0 Å². The number of hydrogen-bond acceptors (Lipinski definition) is 1. The SMILES string of the molecule is CC1CNCC(CCl)C1. The summed E-state index contributed by atoms with van der Waals surface area (Å²) >= 11 is 5.71. The first-order chi connectivity index (χ1) is 4.33. The minimum absolute atomic E-state index is 0.718. The van der Waals surface area contributed by atoms with Gasteiger partial charge in [0.15, 0.2) is 0 Å². The maximum atomic E-state index is 5.71. The van der Waals surface area contributed by atoms with E-state index in [-0.39, 0.29) is 0 Å². The van der Waals surface area contributed by atoms with Crippen molar-refractivity contribution in [1.82, 2.24) is 5.32 Å². The first-order valence-corrected chi connectivity index (χ1v) is 4.13. The highest BCUT2D eigenvalue weighted by Gasteiger charge is 2.16. The summed E-state index contributed by atoms with van der Waals surface area (Å²) in [4.78, 5) is 0. The Morgan fingerprint density at radius 1 is 1.56 bits per heavy atom. The van der Waals surface area contributed by atoms with Gasteiger partial charge in [0.2, 0.25) is 0 Å². The number of piperidine rings is 1. The van der Waals surface area contributed by atoms with Crippen molar-refractivity contribution in [3.8, 4) is 0 Å². The summed E-state index contributed by atoms with van der Waals surface area (Å²) in [6.45, 7) is 4.56. The van der Waals surface area contributed by atoms with Gasteiger partial charge < -0.3 is 5.32 Å². The predicted octanol–water partition coefficient (Wildman–Crippen LogP) is 1.47. The van der Waals surface area contributed by atoms with Crippen LogP contribution in [0, 0.1) is 11.8 Å². The molecule has 0 aromatic heterocycles. The number of rotatable bonds is 1. The molecular formula is C7H14ClN. The van der Waals surface area contributed by atoms with Gasteiger partial charge in [-0.3, -0.25) is 0 Å². The van der Waals surface area contributed by atoms with Crippen molar-refractivity contribution in [3.63, 3.8) is 0 Å². The minimum Gasteiger partial charge on any atom is -0.316 e. The average molecular weight is 148 g/mol. The second kappa shape index (κ2) is 3.43. The fourth-order valence-electron chi connectivity index (χ4n) is 1.39. The van der Waals surface area contributed by atoms with Crippen molar-refractivity contribution >= 4 is 11.6 Å². The third kappa shape index (κ3) is 2.15. The molecule has 2 unspecified atom stereocenters. The highest BCUT2D eigenvalue weighted by molar-refractivity contribution is 6.18. The molecule has 1 nitrogen and oxygen atoms in total. The monoisotopic (exact) mass is 147 g/mol. The Morgan fingerprint density at radius 3 is 2.78 bits per heavy atom. The van der Waals surface area contributed by atoms with E-state index in [4.69, 9.17) is 11.6 Å². The smallest absolute Gasteiger partial charge is 0.0263 e. The van der Waals surface area contributed by atoms with Crippen LogP contribution in [0.15, 0.2) is 0 Å². The van der Waals surface area contributed by atoms with Gasteiger partial charge in [0.05, 0.1) is 0 Å². The molecule has 9 heavy (non-hydrogen) atoms. The number of halogens is 1. The molecule has 0 spiro atoms. The average Bonchev–Trinajstić information content (AvgIpc) is 1.88. The van der Waals surface area contributed by atoms with Crippen LogP contribution in [0.3, 0.4) is 0 Å². The third-order valence-electron chi connectivity index (χ3n) is 1.88. The molecule has 0 saturated carbocycles. The maximum absolute atomic E-state index is 5.71. The van der Waals surface area contributed by atoms with E-state index in [1.54, 1.807) is 0 Å². The van der Waals surface area contributed by atoms with E-state index in [0.717, 1.165) is 24.3 Å². The lowest BCUT2D eigenvalue weighted by Gasteiger charge is -2.25. The molecule has 0 bridgehead atoms. The molecule has 1 aliphatic heterocycles. The maximum Gasteiger partial charge on any atom is 0.0263 e. The van der Waals surface area contributed by atoms with Crippen molar-refractivity contribution in [2.24, 2.45) is 11.8 Å². The molecule has 54 valence electrons. The van der Waals surface area contributed by atoms with E-state index in [1.165, 1.54) is 13.0 Å². The largest absolute Gasteiger partial charge is 0.316 e. The van der Waals surface area contributed by atoms with E-state index in [2.05, 4.69) is 12.2 Å². The van der Waals surface area contributed by atoms with Crippen LogP contribution in [-0.2, 0) is 0 Å². The highest BCUT2D eigenvalue weighted by atomic mass is 35.5. The predicted molar refractivity (Wildman–Crippen MR) is 40.9 cm³/mol. The molecular weight excluding hydrogens is 134 g/mol. The first-order valence-electron chi connectivity index (χ1n) is 3.59. The van der Waals surface area contributed by atoms with Gasteiger partial charge in [0.1, 0.15) is 0 Å². The van der Waals surface area contributed by atoms with E-state index in [1.807, 2.05) is 0 Å². The number of alkyl halides is 1. The van der Waals surface area contributed by atoms with E-state index in [9.17, 15) is 0 Å². The van der Waals surface area contributed by atoms with E-state index >= 15 is 0 Å². The zero-order valence-electron chi connectivity index (χ0n) is 5.86. The summed E-state index contributed by atoms with van der Waals surface area (Å²) in [5.41, 5.74) is 0. The molecule has 1 rings (SSSR count). The number of nitrogens with one attached hydrogen (secondary N) is 1. The molecule has 1 N–H and O–H groups in total. The topological polar surface area (TPSA) is 12.0 Å². The van der Waals surface area contributed by atoms with Crippen LogP contribution in [0.1, 0.15) is 13.3 Å². The molecule has 0 amide bonds. The molecule has 2 heteroatoms. The molecule has 1 saturated heterocycles. The zero-order chi connectivity index (χ0) is 6.69. The summed E-state index contributed by atoms with van der Waals surface area (Å²) in [7, 11) is 0. The third-order valence-corrected chi connectivity index (χ3v) is 2.32. The summed E-state index contributed by atoms with van der Waals surface area (Å²) in [5, 5.41) is 3.35. The lowest BCUT2D eigenvalue weighted by Crippen LogP contribution is -2.35. The van der Waals surface area contributed by atoms with Crippen LogP contribution in [-0.4, -0.2) is 19.0 Å². The van der Waals surface area contributed by atoms with Crippen LogP contribution in [0.2, 0.25) is 0 Å². The van der Waals surface area contributed by atoms with Crippen LogP contribution >= 0.6 is 11.6 Å². The standard InChI is InChI=1S/C7H14ClN/c1-6-2-7(3-8)5-9-4-6/h6-7,9H,2-5H2,1H3. The van der Waals surface area contributed by atoms with Gasteiger partial charge in [-0.25, -0.2) is 0 Å². The molecule has 1 aliphatic rings. The van der Waals surface area contributed by atoms with Gasteiger partial charge in [-0.1, -0.05) is 6.92 Å². The quantitative estimate of drug-likeness (QED) is 0.554. The zero-order valence-corrected chi connectivity index (χ0v) is 6.62. The van der Waals surface area contributed by atoms with Crippen LogP contribution in [0.5, 0.6) is 0 Å². The Balaban J connectivity index is 2.23. The van der Waals surface area contributed by atoms with Gasteiger partial charge in [-0.2, -0.15) is 0 Å².